The van der Waals surface area contributed by atoms with Crippen molar-refractivity contribution in [3.8, 4) is 11.5 Å². The first-order valence-electron chi connectivity index (χ1n) is 8.65. The zero-order valence-corrected chi connectivity index (χ0v) is 14.6. The van der Waals surface area contributed by atoms with Crippen LogP contribution in [-0.2, 0) is 16.6 Å². The molecular formula is C19H21ClNO4-. The lowest BCUT2D eigenvalue weighted by molar-refractivity contribution is -0.187. The molecule has 0 aromatic heterocycles. The van der Waals surface area contributed by atoms with Gasteiger partial charge in [-0.1, -0.05) is 12.1 Å². The van der Waals surface area contributed by atoms with Crippen LogP contribution in [0.25, 0.3) is 0 Å². The Morgan fingerprint density at radius 1 is 1.40 bits per heavy atom. The Labute approximate surface area is 152 Å². The quantitative estimate of drug-likeness (QED) is 0.614. The second kappa shape index (κ2) is 5.22. The molecule has 5 rings (SSSR count). The smallest absolute Gasteiger partial charge is 0.174 e. The van der Waals surface area contributed by atoms with Crippen LogP contribution >= 0.6 is 0 Å². The van der Waals surface area contributed by atoms with Crippen LogP contribution in [0, 0.1) is 0 Å². The molecule has 2 N–H and O–H groups in total. The molecule has 2 fully saturated rings. The Kier molecular flexibility index (Phi) is 3.53. The standard InChI is InChI=1S/C19H21NO4.ClH/c1-2-8-20-9-7-18-15-11-3-4-12(21)16(15)24-17(18)13(22)5-6-19(18,23)14(20)10-11;/h2-4,14,17,21,23H,1,5-10H2;1H/p-1. The number of rotatable bonds is 2. The molecule has 1 aromatic carbocycles. The Balaban J connectivity index is 0.00000157. The van der Waals surface area contributed by atoms with Gasteiger partial charge in [-0.3, -0.25) is 9.69 Å². The third-order valence-electron chi connectivity index (χ3n) is 6.73. The fourth-order valence-corrected chi connectivity index (χ4v) is 5.80. The molecule has 2 heterocycles. The lowest BCUT2D eigenvalue weighted by Crippen LogP contribution is -3.00. The van der Waals surface area contributed by atoms with E-state index in [1.807, 2.05) is 12.1 Å². The fraction of sp³-hybridized carbons (Fsp3) is 0.526. The Hall–Kier alpha value is -1.56. The number of ketones is 1. The highest BCUT2D eigenvalue weighted by molar-refractivity contribution is 5.90. The van der Waals surface area contributed by atoms with Crippen LogP contribution in [0.5, 0.6) is 11.5 Å². The van der Waals surface area contributed by atoms with Gasteiger partial charge in [-0.2, -0.15) is 0 Å². The van der Waals surface area contributed by atoms with Crippen molar-refractivity contribution >= 4 is 5.78 Å². The lowest BCUT2D eigenvalue weighted by Gasteiger charge is -2.62. The molecule has 4 atom stereocenters. The molecule has 2 aliphatic carbocycles. The third-order valence-corrected chi connectivity index (χ3v) is 6.73. The van der Waals surface area contributed by atoms with Crippen molar-refractivity contribution in [2.75, 3.05) is 13.1 Å². The molecular weight excluding hydrogens is 342 g/mol. The zero-order chi connectivity index (χ0) is 16.7. The first kappa shape index (κ1) is 16.9. The van der Waals surface area contributed by atoms with E-state index in [0.717, 1.165) is 24.2 Å². The number of halogens is 1. The van der Waals surface area contributed by atoms with Crippen molar-refractivity contribution in [2.45, 2.75) is 48.8 Å². The van der Waals surface area contributed by atoms with Crippen molar-refractivity contribution < 1.29 is 32.2 Å². The molecule has 1 saturated heterocycles. The van der Waals surface area contributed by atoms with Crippen LogP contribution in [0.15, 0.2) is 24.8 Å². The van der Waals surface area contributed by atoms with Crippen molar-refractivity contribution in [3.05, 3.63) is 35.9 Å². The molecule has 1 aromatic rings. The number of carbonyl (C=O) groups excluding carboxylic acids is 1. The molecule has 0 amide bonds. The van der Waals surface area contributed by atoms with Crippen molar-refractivity contribution in [1.82, 2.24) is 4.90 Å². The number of nitrogens with zero attached hydrogens (tertiary/aromatic N) is 1. The van der Waals surface area contributed by atoms with Crippen LogP contribution in [0.4, 0.5) is 0 Å². The number of hydrogen-bond donors (Lipinski definition) is 2. The minimum Gasteiger partial charge on any atom is -1.00 e. The zero-order valence-electron chi connectivity index (χ0n) is 13.9. The predicted molar refractivity (Wildman–Crippen MR) is 87.3 cm³/mol. The minimum atomic E-state index is -1.00. The third kappa shape index (κ3) is 1.74. The summed E-state index contributed by atoms with van der Waals surface area (Å²) in [5.74, 6) is 0.528. The van der Waals surface area contributed by atoms with Gasteiger partial charge >= 0.3 is 0 Å². The summed E-state index contributed by atoms with van der Waals surface area (Å²) in [5.41, 5.74) is 0.256. The van der Waals surface area contributed by atoms with Crippen molar-refractivity contribution in [3.63, 3.8) is 0 Å². The molecule has 2 bridgehead atoms. The van der Waals surface area contributed by atoms with Gasteiger partial charge in [-0.15, -0.1) is 6.58 Å². The number of ether oxygens (including phenoxy) is 1. The Morgan fingerprint density at radius 2 is 2.20 bits per heavy atom. The molecule has 6 heteroatoms. The maximum absolute atomic E-state index is 12.6. The number of benzene rings is 1. The Bertz CT molecular complexity index is 781. The normalized spacial score (nSPS) is 37.7. The van der Waals surface area contributed by atoms with Crippen LogP contribution < -0.4 is 17.1 Å². The van der Waals surface area contributed by atoms with E-state index in [-0.39, 0.29) is 30.0 Å². The molecule has 5 nitrogen and oxygen atoms in total. The number of phenolic OH excluding ortho intramolecular Hbond substituents is 1. The highest BCUT2D eigenvalue weighted by atomic mass is 35.5. The second-order valence-corrected chi connectivity index (χ2v) is 7.56. The predicted octanol–water partition coefficient (Wildman–Crippen LogP) is -1.69. The summed E-state index contributed by atoms with van der Waals surface area (Å²) in [4.78, 5) is 14.9. The van der Waals surface area contributed by atoms with Gasteiger partial charge < -0.3 is 27.4 Å². The summed E-state index contributed by atoms with van der Waals surface area (Å²) < 4.78 is 5.98. The van der Waals surface area contributed by atoms with Gasteiger partial charge in [0, 0.05) is 31.1 Å². The topological polar surface area (TPSA) is 70.0 Å². The maximum atomic E-state index is 12.6. The molecule has 134 valence electrons. The van der Waals surface area contributed by atoms with Crippen LogP contribution in [0.2, 0.25) is 0 Å². The highest BCUT2D eigenvalue weighted by Gasteiger charge is 2.72. The average Bonchev–Trinajstić information content (AvgIpc) is 2.91. The summed E-state index contributed by atoms with van der Waals surface area (Å²) in [5, 5.41) is 22.1. The summed E-state index contributed by atoms with van der Waals surface area (Å²) >= 11 is 0. The molecule has 2 aliphatic heterocycles. The van der Waals surface area contributed by atoms with Crippen LogP contribution in [0.3, 0.4) is 0 Å². The van der Waals surface area contributed by atoms with Crippen LogP contribution in [-0.4, -0.2) is 51.7 Å². The van der Waals surface area contributed by atoms with E-state index in [9.17, 15) is 15.0 Å². The monoisotopic (exact) mass is 362 g/mol. The van der Waals surface area contributed by atoms with Crippen molar-refractivity contribution in [2.24, 2.45) is 0 Å². The summed E-state index contributed by atoms with van der Waals surface area (Å²) in [7, 11) is 0. The average molecular weight is 363 g/mol. The molecule has 25 heavy (non-hydrogen) atoms. The van der Waals surface area contributed by atoms with Gasteiger partial charge in [0.05, 0.1) is 11.0 Å². The van der Waals surface area contributed by atoms with Gasteiger partial charge in [0.15, 0.2) is 23.4 Å². The van der Waals surface area contributed by atoms with E-state index in [4.69, 9.17) is 4.74 Å². The number of phenols is 1. The van der Waals surface area contributed by atoms with E-state index >= 15 is 0 Å². The molecule has 1 spiro atoms. The number of aliphatic hydroxyl groups is 1. The van der Waals surface area contributed by atoms with E-state index < -0.39 is 17.1 Å². The highest BCUT2D eigenvalue weighted by Crippen LogP contribution is 2.64. The first-order chi connectivity index (χ1) is 11.5. The second-order valence-electron chi connectivity index (χ2n) is 7.56. The lowest BCUT2D eigenvalue weighted by atomic mass is 9.49. The van der Waals surface area contributed by atoms with E-state index in [2.05, 4.69) is 11.5 Å². The number of carbonyl (C=O) groups is 1. The number of Topliss-reactive ketones (excluding diaryl/α,β-unsaturated/α-hetero) is 1. The molecule has 0 radical (unpaired) electrons. The fourth-order valence-electron chi connectivity index (χ4n) is 5.80. The largest absolute Gasteiger partial charge is 1.00 e. The number of hydrogen-bond acceptors (Lipinski definition) is 5. The molecule has 4 aliphatic rings. The molecule has 1 saturated carbocycles. The van der Waals surface area contributed by atoms with E-state index in [1.54, 1.807) is 6.07 Å². The summed E-state index contributed by atoms with van der Waals surface area (Å²) in [6.07, 6.45) is 3.35. The number of piperidine rings is 1. The van der Waals surface area contributed by atoms with Gasteiger partial charge in [-0.05, 0) is 30.9 Å². The Morgan fingerprint density at radius 3 is 2.96 bits per heavy atom. The van der Waals surface area contributed by atoms with Gasteiger partial charge in [-0.25, -0.2) is 0 Å². The van der Waals surface area contributed by atoms with Gasteiger partial charge in [0.2, 0.25) is 0 Å². The van der Waals surface area contributed by atoms with Crippen molar-refractivity contribution in [1.29, 1.82) is 0 Å². The SMILES string of the molecule is C=CCN1CCC23c4c5ccc(O)c4OC2C(=O)CCC3(O)C1C5.[Cl-]. The van der Waals surface area contributed by atoms with Gasteiger partial charge in [0.25, 0.3) is 0 Å². The van der Waals surface area contributed by atoms with E-state index in [0.29, 0.717) is 31.4 Å². The number of aromatic hydroxyl groups is 1. The first-order valence-corrected chi connectivity index (χ1v) is 8.65. The van der Waals surface area contributed by atoms with Crippen LogP contribution in [0.1, 0.15) is 30.4 Å². The maximum Gasteiger partial charge on any atom is 0.174 e. The summed E-state index contributed by atoms with van der Waals surface area (Å²) in [6.45, 7) is 5.36. The van der Waals surface area contributed by atoms with E-state index in [1.165, 1.54) is 0 Å². The van der Waals surface area contributed by atoms with Gasteiger partial charge in [0.1, 0.15) is 0 Å². The molecule has 4 unspecified atom stereocenters. The minimum absolute atomic E-state index is 0. The summed E-state index contributed by atoms with van der Waals surface area (Å²) in [6, 6.07) is 3.52. The number of likely N-dealkylation sites (tertiary alicyclic amines) is 1.